The first-order valence-corrected chi connectivity index (χ1v) is 6.35. The Bertz CT molecular complexity index is 572. The van der Waals surface area contributed by atoms with Crippen LogP contribution in [0.25, 0.3) is 11.0 Å². The molecule has 1 aromatic heterocycles. The molecule has 0 spiro atoms. The van der Waals surface area contributed by atoms with Gasteiger partial charge in [0, 0.05) is 23.8 Å². The normalized spacial score (nSPS) is 17.3. The fraction of sp³-hybridized carbons (Fsp3) is 0.400. The zero-order valence-electron chi connectivity index (χ0n) is 10.4. The predicted molar refractivity (Wildman–Crippen MR) is 69.0 cm³/mol. The van der Waals surface area contributed by atoms with Gasteiger partial charge in [0.2, 0.25) is 0 Å². The third-order valence-electron chi connectivity index (χ3n) is 3.80. The van der Waals surface area contributed by atoms with E-state index < -0.39 is 0 Å². The Morgan fingerprint density at radius 3 is 2.78 bits per heavy atom. The molecule has 0 atom stereocenters. The van der Waals surface area contributed by atoms with Gasteiger partial charge in [-0.1, -0.05) is 12.1 Å². The molecule has 1 heterocycles. The Morgan fingerprint density at radius 1 is 1.28 bits per heavy atom. The predicted octanol–water partition coefficient (Wildman–Crippen LogP) is 3.67. The third-order valence-corrected chi connectivity index (χ3v) is 3.80. The second-order valence-electron chi connectivity index (χ2n) is 4.84. The summed E-state index contributed by atoms with van der Waals surface area (Å²) in [6.45, 7) is 0. The number of rotatable bonds is 2. The zero-order valence-corrected chi connectivity index (χ0v) is 10.4. The topological polar surface area (TPSA) is 39.4 Å². The smallest absolute Gasteiger partial charge is 0.175 e. The van der Waals surface area contributed by atoms with Crippen molar-refractivity contribution in [3.8, 4) is 5.75 Å². The van der Waals surface area contributed by atoms with E-state index in [1.165, 1.54) is 5.56 Å². The summed E-state index contributed by atoms with van der Waals surface area (Å²) in [5.41, 5.74) is 2.03. The van der Waals surface area contributed by atoms with E-state index >= 15 is 0 Å². The number of hydrogen-bond donors (Lipinski definition) is 0. The number of benzene rings is 1. The number of ether oxygens (including phenoxy) is 1. The Hall–Kier alpha value is -1.77. The minimum atomic E-state index is 0.386. The summed E-state index contributed by atoms with van der Waals surface area (Å²) < 4.78 is 10.9. The molecule has 1 aliphatic carbocycles. The fourth-order valence-electron chi connectivity index (χ4n) is 2.78. The van der Waals surface area contributed by atoms with Gasteiger partial charge in [0.25, 0.3) is 0 Å². The maximum Gasteiger partial charge on any atom is 0.175 e. The van der Waals surface area contributed by atoms with Crippen LogP contribution < -0.4 is 4.74 Å². The van der Waals surface area contributed by atoms with Gasteiger partial charge in [-0.3, -0.25) is 4.79 Å². The van der Waals surface area contributed by atoms with Gasteiger partial charge in [0.15, 0.2) is 11.3 Å². The Balaban J connectivity index is 2.00. The molecule has 18 heavy (non-hydrogen) atoms. The summed E-state index contributed by atoms with van der Waals surface area (Å²) in [5, 5.41) is 1.12. The van der Waals surface area contributed by atoms with Crippen LogP contribution in [0.2, 0.25) is 0 Å². The highest BCUT2D eigenvalue weighted by atomic mass is 16.5. The van der Waals surface area contributed by atoms with Crippen molar-refractivity contribution in [2.45, 2.75) is 31.6 Å². The summed E-state index contributed by atoms with van der Waals surface area (Å²) in [5.74, 6) is 1.60. The number of carbonyl (C=O) groups is 1. The monoisotopic (exact) mass is 244 g/mol. The second kappa shape index (κ2) is 4.48. The first-order valence-electron chi connectivity index (χ1n) is 6.35. The summed E-state index contributed by atoms with van der Waals surface area (Å²) >= 11 is 0. The maximum atomic E-state index is 11.3. The van der Waals surface area contributed by atoms with Gasteiger partial charge in [-0.15, -0.1) is 0 Å². The number of Topliss-reactive ketones (excluding diaryl/α,β-unsaturated/α-hetero) is 1. The van der Waals surface area contributed by atoms with E-state index in [4.69, 9.17) is 9.15 Å². The van der Waals surface area contributed by atoms with E-state index in [-0.39, 0.29) is 0 Å². The molecule has 3 heteroatoms. The molecule has 3 rings (SSSR count). The largest absolute Gasteiger partial charge is 0.493 e. The highest BCUT2D eigenvalue weighted by Crippen LogP contribution is 2.38. The molecule has 0 bridgehead atoms. The van der Waals surface area contributed by atoms with E-state index in [0.717, 1.165) is 29.6 Å². The minimum Gasteiger partial charge on any atom is -0.493 e. The lowest BCUT2D eigenvalue weighted by Gasteiger charge is -2.19. The first kappa shape index (κ1) is 11.3. The molecule has 0 amide bonds. The molecule has 1 saturated carbocycles. The summed E-state index contributed by atoms with van der Waals surface area (Å²) in [6, 6.07) is 5.95. The van der Waals surface area contributed by atoms with Gasteiger partial charge in [0.05, 0.1) is 13.4 Å². The average molecular weight is 244 g/mol. The van der Waals surface area contributed by atoms with Gasteiger partial charge >= 0.3 is 0 Å². The number of para-hydroxylation sites is 1. The SMILES string of the molecule is COc1cccc2c(C3CCC(=O)CC3)coc12. The van der Waals surface area contributed by atoms with Gasteiger partial charge in [-0.2, -0.15) is 0 Å². The Morgan fingerprint density at radius 2 is 2.06 bits per heavy atom. The molecule has 0 aliphatic heterocycles. The van der Waals surface area contributed by atoms with Crippen LogP contribution in [0.1, 0.15) is 37.2 Å². The number of methoxy groups -OCH3 is 1. The van der Waals surface area contributed by atoms with Crippen LogP contribution in [0.15, 0.2) is 28.9 Å². The molecule has 0 N–H and O–H groups in total. The number of ketones is 1. The minimum absolute atomic E-state index is 0.386. The third kappa shape index (κ3) is 1.80. The van der Waals surface area contributed by atoms with Crippen molar-refractivity contribution in [3.05, 3.63) is 30.0 Å². The zero-order chi connectivity index (χ0) is 12.5. The molecule has 0 saturated heterocycles. The van der Waals surface area contributed by atoms with E-state index in [2.05, 4.69) is 6.07 Å². The molecule has 2 aromatic rings. The van der Waals surface area contributed by atoms with Gasteiger partial charge < -0.3 is 9.15 Å². The van der Waals surface area contributed by atoms with Crippen molar-refractivity contribution in [3.63, 3.8) is 0 Å². The Kier molecular flexibility index (Phi) is 2.82. The van der Waals surface area contributed by atoms with Crippen molar-refractivity contribution in [1.82, 2.24) is 0 Å². The average Bonchev–Trinajstić information content (AvgIpc) is 2.83. The van der Waals surface area contributed by atoms with Crippen LogP contribution in [0, 0.1) is 0 Å². The molecule has 1 aromatic carbocycles. The molecule has 94 valence electrons. The number of carbonyl (C=O) groups excluding carboxylic acids is 1. The van der Waals surface area contributed by atoms with Crippen molar-refractivity contribution in [1.29, 1.82) is 0 Å². The first-order chi connectivity index (χ1) is 8.79. The lowest BCUT2D eigenvalue weighted by Crippen LogP contribution is -2.11. The summed E-state index contributed by atoms with van der Waals surface area (Å²) in [6.07, 6.45) is 5.09. The molecular formula is C15H16O3. The highest BCUT2D eigenvalue weighted by Gasteiger charge is 2.23. The number of hydrogen-bond acceptors (Lipinski definition) is 3. The molecule has 0 unspecified atom stereocenters. The van der Waals surface area contributed by atoms with Crippen molar-refractivity contribution in [2.24, 2.45) is 0 Å². The maximum absolute atomic E-state index is 11.3. The van der Waals surface area contributed by atoms with Crippen LogP contribution in [-0.2, 0) is 4.79 Å². The van der Waals surface area contributed by atoms with Gasteiger partial charge in [-0.05, 0) is 24.8 Å². The standard InChI is InChI=1S/C15H16O3/c1-17-14-4-2-3-12-13(9-18-15(12)14)10-5-7-11(16)8-6-10/h2-4,9-10H,5-8H2,1H3. The van der Waals surface area contributed by atoms with Gasteiger partial charge in [0.1, 0.15) is 5.78 Å². The highest BCUT2D eigenvalue weighted by molar-refractivity contribution is 5.87. The van der Waals surface area contributed by atoms with Gasteiger partial charge in [-0.25, -0.2) is 0 Å². The fourth-order valence-corrected chi connectivity index (χ4v) is 2.78. The van der Waals surface area contributed by atoms with E-state index in [1.807, 2.05) is 18.4 Å². The lowest BCUT2D eigenvalue weighted by atomic mass is 9.83. The van der Waals surface area contributed by atoms with Crippen LogP contribution in [-0.4, -0.2) is 12.9 Å². The summed E-state index contributed by atoms with van der Waals surface area (Å²) in [4.78, 5) is 11.3. The van der Waals surface area contributed by atoms with E-state index in [1.54, 1.807) is 7.11 Å². The van der Waals surface area contributed by atoms with Crippen LogP contribution in [0.4, 0.5) is 0 Å². The molecule has 0 radical (unpaired) electrons. The molecule has 3 nitrogen and oxygen atoms in total. The number of furan rings is 1. The Labute approximate surface area is 106 Å². The molecular weight excluding hydrogens is 228 g/mol. The van der Waals surface area contributed by atoms with E-state index in [0.29, 0.717) is 24.5 Å². The van der Waals surface area contributed by atoms with Crippen LogP contribution in [0.5, 0.6) is 5.75 Å². The second-order valence-corrected chi connectivity index (χ2v) is 4.84. The molecule has 1 aliphatic rings. The van der Waals surface area contributed by atoms with Crippen LogP contribution in [0.3, 0.4) is 0 Å². The quantitative estimate of drug-likeness (QED) is 0.809. The van der Waals surface area contributed by atoms with Crippen molar-refractivity contribution >= 4 is 16.8 Å². The van der Waals surface area contributed by atoms with Crippen LogP contribution >= 0.6 is 0 Å². The van der Waals surface area contributed by atoms with Crippen molar-refractivity contribution < 1.29 is 13.9 Å². The van der Waals surface area contributed by atoms with E-state index in [9.17, 15) is 4.79 Å². The lowest BCUT2D eigenvalue weighted by molar-refractivity contribution is -0.120. The summed E-state index contributed by atoms with van der Waals surface area (Å²) in [7, 11) is 1.65. The molecule has 1 fully saturated rings. The van der Waals surface area contributed by atoms with Crippen molar-refractivity contribution in [2.75, 3.05) is 7.11 Å². The number of fused-ring (bicyclic) bond motifs is 1.